The van der Waals surface area contributed by atoms with Crippen LogP contribution in [0.3, 0.4) is 0 Å². The first kappa shape index (κ1) is 11.2. The Bertz CT molecular complexity index is 277. The van der Waals surface area contributed by atoms with Crippen molar-refractivity contribution in [2.24, 2.45) is 5.73 Å². The van der Waals surface area contributed by atoms with Crippen molar-refractivity contribution >= 4 is 0 Å². The molecule has 0 aromatic heterocycles. The van der Waals surface area contributed by atoms with E-state index in [1.165, 1.54) is 11.1 Å². The van der Waals surface area contributed by atoms with E-state index in [1.54, 1.807) is 0 Å². The Balaban J connectivity index is 2.69. The first-order valence-corrected chi connectivity index (χ1v) is 5.05. The Kier molecular flexibility index (Phi) is 3.67. The Morgan fingerprint density at radius 1 is 1.21 bits per heavy atom. The fourth-order valence-corrected chi connectivity index (χ4v) is 1.42. The van der Waals surface area contributed by atoms with E-state index in [1.807, 2.05) is 6.92 Å². The first-order valence-electron chi connectivity index (χ1n) is 5.05. The van der Waals surface area contributed by atoms with Crippen LogP contribution in [-0.4, -0.2) is 17.3 Å². The van der Waals surface area contributed by atoms with E-state index in [0.29, 0.717) is 6.42 Å². The smallest absolute Gasteiger partial charge is 0.0611 e. The second-order valence-corrected chi connectivity index (χ2v) is 4.16. The standard InChI is InChI=1S/C12H19NO/c1-3-10-4-6-11(7-5-10)8-12(2,13)9-14/h4-7,14H,3,8-9,13H2,1-2H3. The molecule has 0 bridgehead atoms. The van der Waals surface area contributed by atoms with Crippen LogP contribution < -0.4 is 5.73 Å². The molecule has 0 amide bonds. The van der Waals surface area contributed by atoms with E-state index in [4.69, 9.17) is 10.8 Å². The lowest BCUT2D eigenvalue weighted by atomic mass is 9.94. The van der Waals surface area contributed by atoms with Gasteiger partial charge >= 0.3 is 0 Å². The van der Waals surface area contributed by atoms with Crippen molar-refractivity contribution in [1.82, 2.24) is 0 Å². The van der Waals surface area contributed by atoms with Crippen LogP contribution in [0.25, 0.3) is 0 Å². The van der Waals surface area contributed by atoms with Crippen LogP contribution in [0.2, 0.25) is 0 Å². The summed E-state index contributed by atoms with van der Waals surface area (Å²) in [5, 5.41) is 9.03. The third kappa shape index (κ3) is 3.13. The zero-order chi connectivity index (χ0) is 10.6. The van der Waals surface area contributed by atoms with Crippen molar-refractivity contribution in [3.63, 3.8) is 0 Å². The summed E-state index contributed by atoms with van der Waals surface area (Å²) in [4.78, 5) is 0. The third-order valence-corrected chi connectivity index (χ3v) is 2.40. The molecule has 0 radical (unpaired) electrons. The van der Waals surface area contributed by atoms with Crippen molar-refractivity contribution in [3.8, 4) is 0 Å². The summed E-state index contributed by atoms with van der Waals surface area (Å²) in [5.41, 5.74) is 7.87. The van der Waals surface area contributed by atoms with Crippen molar-refractivity contribution < 1.29 is 5.11 Å². The number of aliphatic hydroxyl groups excluding tert-OH is 1. The number of hydrogen-bond donors (Lipinski definition) is 2. The number of rotatable bonds is 4. The van der Waals surface area contributed by atoms with Crippen molar-refractivity contribution in [2.75, 3.05) is 6.61 Å². The summed E-state index contributed by atoms with van der Waals surface area (Å²) in [6, 6.07) is 8.39. The number of aliphatic hydroxyl groups is 1. The molecule has 1 rings (SSSR count). The summed E-state index contributed by atoms with van der Waals surface area (Å²) in [5.74, 6) is 0. The zero-order valence-corrected chi connectivity index (χ0v) is 8.96. The Morgan fingerprint density at radius 2 is 1.71 bits per heavy atom. The molecule has 2 nitrogen and oxygen atoms in total. The quantitative estimate of drug-likeness (QED) is 0.761. The molecule has 0 saturated carbocycles. The molecule has 1 unspecified atom stereocenters. The van der Waals surface area contributed by atoms with Crippen LogP contribution in [0.5, 0.6) is 0 Å². The van der Waals surface area contributed by atoms with E-state index >= 15 is 0 Å². The third-order valence-electron chi connectivity index (χ3n) is 2.40. The largest absolute Gasteiger partial charge is 0.394 e. The predicted octanol–water partition coefficient (Wildman–Crippen LogP) is 1.50. The molecule has 1 aromatic rings. The SMILES string of the molecule is CCc1ccc(CC(C)(N)CO)cc1. The van der Waals surface area contributed by atoms with Gasteiger partial charge in [0, 0.05) is 5.54 Å². The minimum Gasteiger partial charge on any atom is -0.394 e. The van der Waals surface area contributed by atoms with Crippen LogP contribution >= 0.6 is 0 Å². The van der Waals surface area contributed by atoms with Gasteiger partial charge in [-0.1, -0.05) is 31.2 Å². The molecule has 1 aromatic carbocycles. The van der Waals surface area contributed by atoms with Gasteiger partial charge in [-0.3, -0.25) is 0 Å². The molecule has 2 heteroatoms. The topological polar surface area (TPSA) is 46.2 Å². The molecule has 0 aliphatic rings. The Morgan fingerprint density at radius 3 is 2.14 bits per heavy atom. The maximum absolute atomic E-state index is 9.03. The average Bonchev–Trinajstić information content (AvgIpc) is 2.19. The molecule has 0 saturated heterocycles. The van der Waals surface area contributed by atoms with E-state index in [9.17, 15) is 0 Å². The fourth-order valence-electron chi connectivity index (χ4n) is 1.42. The van der Waals surface area contributed by atoms with Gasteiger partial charge in [0.05, 0.1) is 6.61 Å². The van der Waals surface area contributed by atoms with Gasteiger partial charge in [0.15, 0.2) is 0 Å². The summed E-state index contributed by atoms with van der Waals surface area (Å²) >= 11 is 0. The normalized spacial score (nSPS) is 15.1. The summed E-state index contributed by atoms with van der Waals surface area (Å²) in [6.45, 7) is 4.01. The first-order chi connectivity index (χ1) is 6.57. The van der Waals surface area contributed by atoms with Gasteiger partial charge in [0.2, 0.25) is 0 Å². The molecule has 78 valence electrons. The van der Waals surface area contributed by atoms with Gasteiger partial charge in [-0.25, -0.2) is 0 Å². The molecule has 3 N–H and O–H groups in total. The Hall–Kier alpha value is -0.860. The lowest BCUT2D eigenvalue weighted by molar-refractivity contribution is 0.208. The summed E-state index contributed by atoms with van der Waals surface area (Å²) < 4.78 is 0. The molecule has 0 aliphatic heterocycles. The number of nitrogens with two attached hydrogens (primary N) is 1. The van der Waals surface area contributed by atoms with Gasteiger partial charge < -0.3 is 10.8 Å². The predicted molar refractivity (Wildman–Crippen MR) is 59.2 cm³/mol. The van der Waals surface area contributed by atoms with Crippen LogP contribution in [-0.2, 0) is 12.8 Å². The van der Waals surface area contributed by atoms with E-state index < -0.39 is 5.54 Å². The average molecular weight is 193 g/mol. The molecular formula is C12H19NO. The molecule has 1 atom stereocenters. The van der Waals surface area contributed by atoms with Crippen LogP contribution in [0.1, 0.15) is 25.0 Å². The van der Waals surface area contributed by atoms with Crippen molar-refractivity contribution in [3.05, 3.63) is 35.4 Å². The van der Waals surface area contributed by atoms with E-state index in [-0.39, 0.29) is 6.61 Å². The maximum atomic E-state index is 9.03. The van der Waals surface area contributed by atoms with Gasteiger partial charge in [-0.05, 0) is 30.9 Å². The monoisotopic (exact) mass is 193 g/mol. The molecule has 0 spiro atoms. The van der Waals surface area contributed by atoms with Crippen molar-refractivity contribution in [1.29, 1.82) is 0 Å². The second kappa shape index (κ2) is 4.58. The van der Waals surface area contributed by atoms with Gasteiger partial charge in [0.25, 0.3) is 0 Å². The number of aryl methyl sites for hydroxylation is 1. The molecule has 0 fully saturated rings. The van der Waals surface area contributed by atoms with Gasteiger partial charge in [-0.15, -0.1) is 0 Å². The Labute approximate surface area is 85.8 Å². The maximum Gasteiger partial charge on any atom is 0.0611 e. The molecular weight excluding hydrogens is 174 g/mol. The highest BCUT2D eigenvalue weighted by atomic mass is 16.3. The highest BCUT2D eigenvalue weighted by molar-refractivity contribution is 5.23. The van der Waals surface area contributed by atoms with E-state index in [0.717, 1.165) is 6.42 Å². The molecule has 14 heavy (non-hydrogen) atoms. The zero-order valence-electron chi connectivity index (χ0n) is 8.96. The number of hydrogen-bond acceptors (Lipinski definition) is 2. The highest BCUT2D eigenvalue weighted by Gasteiger charge is 2.17. The van der Waals surface area contributed by atoms with Crippen LogP contribution in [0.4, 0.5) is 0 Å². The highest BCUT2D eigenvalue weighted by Crippen LogP contribution is 2.11. The van der Waals surface area contributed by atoms with Crippen LogP contribution in [0.15, 0.2) is 24.3 Å². The summed E-state index contributed by atoms with van der Waals surface area (Å²) in [7, 11) is 0. The van der Waals surface area contributed by atoms with Gasteiger partial charge in [-0.2, -0.15) is 0 Å². The van der Waals surface area contributed by atoms with Crippen molar-refractivity contribution in [2.45, 2.75) is 32.2 Å². The van der Waals surface area contributed by atoms with E-state index in [2.05, 4.69) is 31.2 Å². The second-order valence-electron chi connectivity index (χ2n) is 4.16. The fraction of sp³-hybridized carbons (Fsp3) is 0.500. The van der Waals surface area contributed by atoms with Crippen LogP contribution in [0, 0.1) is 0 Å². The van der Waals surface area contributed by atoms with Gasteiger partial charge in [0.1, 0.15) is 0 Å². The lowest BCUT2D eigenvalue weighted by Crippen LogP contribution is -2.42. The lowest BCUT2D eigenvalue weighted by Gasteiger charge is -2.21. The molecule has 0 heterocycles. The number of benzene rings is 1. The summed E-state index contributed by atoms with van der Waals surface area (Å²) in [6.07, 6.45) is 1.77. The minimum atomic E-state index is -0.506. The minimum absolute atomic E-state index is 0.0164. The molecule has 0 aliphatic carbocycles.